The molecule has 0 aliphatic heterocycles. The lowest BCUT2D eigenvalue weighted by atomic mass is 9.48. The third-order valence-corrected chi connectivity index (χ3v) is 6.56. The van der Waals surface area contributed by atoms with Gasteiger partial charge in [-0.05, 0) is 85.7 Å². The quantitative estimate of drug-likeness (QED) is 0.834. The molecule has 0 radical (unpaired) electrons. The number of benzene rings is 1. The van der Waals surface area contributed by atoms with Crippen LogP contribution in [0.3, 0.4) is 0 Å². The molecule has 1 atom stereocenters. The Labute approximate surface area is 128 Å². The third kappa shape index (κ3) is 2.54. The molecule has 4 aliphatic carbocycles. The van der Waals surface area contributed by atoms with Crippen LogP contribution in [0.1, 0.15) is 69.1 Å². The van der Waals surface area contributed by atoms with Crippen LogP contribution in [0.2, 0.25) is 0 Å². The maximum atomic E-state index is 10.7. The van der Waals surface area contributed by atoms with Crippen LogP contribution in [-0.4, -0.2) is 5.11 Å². The zero-order chi connectivity index (χ0) is 14.4. The van der Waals surface area contributed by atoms with Crippen molar-refractivity contribution in [3.63, 3.8) is 0 Å². The lowest BCUT2D eigenvalue weighted by Gasteiger charge is -2.57. The minimum Gasteiger partial charge on any atom is -0.388 e. The Bertz CT molecular complexity index is 466. The molecular weight excluding hydrogens is 256 g/mol. The van der Waals surface area contributed by atoms with E-state index in [1.54, 1.807) is 0 Å². The summed E-state index contributed by atoms with van der Waals surface area (Å²) < 4.78 is 0. The summed E-state index contributed by atoms with van der Waals surface area (Å²) in [7, 11) is 0. The molecule has 1 aromatic carbocycles. The maximum Gasteiger partial charge on any atom is 0.0795 e. The van der Waals surface area contributed by atoms with Crippen LogP contribution in [0.25, 0.3) is 0 Å². The van der Waals surface area contributed by atoms with Crippen molar-refractivity contribution in [1.82, 2.24) is 0 Å². The second-order valence-electron chi connectivity index (χ2n) is 8.23. The normalized spacial score (nSPS) is 38.7. The van der Waals surface area contributed by atoms with E-state index in [0.29, 0.717) is 5.41 Å². The van der Waals surface area contributed by atoms with E-state index in [1.165, 1.54) is 44.1 Å². The van der Waals surface area contributed by atoms with Crippen molar-refractivity contribution in [3.8, 4) is 0 Å². The summed E-state index contributed by atoms with van der Waals surface area (Å²) in [5.74, 6) is 2.93. The van der Waals surface area contributed by atoms with Crippen LogP contribution in [0.15, 0.2) is 24.3 Å². The van der Waals surface area contributed by atoms with Gasteiger partial charge < -0.3 is 5.11 Å². The molecule has 4 aliphatic rings. The van der Waals surface area contributed by atoms with Gasteiger partial charge in [-0.15, -0.1) is 0 Å². The molecule has 4 saturated carbocycles. The first kappa shape index (κ1) is 13.8. The zero-order valence-corrected chi connectivity index (χ0v) is 13.2. The van der Waals surface area contributed by atoms with Crippen LogP contribution in [0.4, 0.5) is 0 Å². The first-order valence-electron chi connectivity index (χ1n) is 8.93. The fourth-order valence-electron chi connectivity index (χ4n) is 6.04. The molecule has 1 N–H and O–H groups in total. The summed E-state index contributed by atoms with van der Waals surface area (Å²) in [6.45, 7) is 2.18. The molecule has 5 rings (SSSR count). The predicted molar refractivity (Wildman–Crippen MR) is 86.0 cm³/mol. The number of hydrogen-bond donors (Lipinski definition) is 1. The van der Waals surface area contributed by atoms with Crippen molar-refractivity contribution in [2.24, 2.45) is 23.2 Å². The molecule has 1 nitrogen and oxygen atoms in total. The highest BCUT2D eigenvalue weighted by Gasteiger charge is 2.51. The first-order chi connectivity index (χ1) is 10.2. The molecule has 1 unspecified atom stereocenters. The standard InChI is InChI=1S/C20H28O/c1-2-14-3-5-18(6-4-14)19(21)13-20-10-15-7-16(11-20)9-17(8-15)12-20/h3-6,15-17,19,21H,2,7-13H2,1H3. The Morgan fingerprint density at radius 1 is 1.00 bits per heavy atom. The van der Waals surface area contributed by atoms with Crippen molar-refractivity contribution >= 4 is 0 Å². The summed E-state index contributed by atoms with van der Waals surface area (Å²) in [6.07, 6.45) is 10.5. The fourth-order valence-corrected chi connectivity index (χ4v) is 6.04. The summed E-state index contributed by atoms with van der Waals surface area (Å²) in [4.78, 5) is 0. The van der Waals surface area contributed by atoms with Gasteiger partial charge in [0.05, 0.1) is 6.10 Å². The molecule has 4 bridgehead atoms. The van der Waals surface area contributed by atoms with Crippen LogP contribution < -0.4 is 0 Å². The minimum absolute atomic E-state index is 0.257. The summed E-state index contributed by atoms with van der Waals surface area (Å²) in [5.41, 5.74) is 2.96. The number of aliphatic hydroxyl groups excluding tert-OH is 1. The van der Waals surface area contributed by atoms with Gasteiger partial charge in [-0.2, -0.15) is 0 Å². The predicted octanol–water partition coefficient (Wildman–Crippen LogP) is 4.89. The van der Waals surface area contributed by atoms with Gasteiger partial charge in [0.2, 0.25) is 0 Å². The van der Waals surface area contributed by atoms with E-state index in [2.05, 4.69) is 31.2 Å². The van der Waals surface area contributed by atoms with E-state index in [0.717, 1.165) is 36.2 Å². The monoisotopic (exact) mass is 284 g/mol. The van der Waals surface area contributed by atoms with Crippen molar-refractivity contribution in [2.45, 2.75) is 64.4 Å². The maximum absolute atomic E-state index is 10.7. The second kappa shape index (κ2) is 5.12. The van der Waals surface area contributed by atoms with E-state index in [-0.39, 0.29) is 6.10 Å². The fraction of sp³-hybridized carbons (Fsp3) is 0.700. The van der Waals surface area contributed by atoms with Gasteiger partial charge in [0.25, 0.3) is 0 Å². The van der Waals surface area contributed by atoms with Crippen molar-refractivity contribution in [1.29, 1.82) is 0 Å². The van der Waals surface area contributed by atoms with E-state index in [1.807, 2.05) is 0 Å². The van der Waals surface area contributed by atoms with E-state index in [4.69, 9.17) is 0 Å². The average Bonchev–Trinajstić information content (AvgIpc) is 2.45. The molecule has 4 fully saturated rings. The second-order valence-corrected chi connectivity index (χ2v) is 8.23. The number of hydrogen-bond acceptors (Lipinski definition) is 1. The molecule has 0 aromatic heterocycles. The van der Waals surface area contributed by atoms with E-state index in [9.17, 15) is 5.11 Å². The number of aliphatic hydroxyl groups is 1. The van der Waals surface area contributed by atoms with Gasteiger partial charge >= 0.3 is 0 Å². The molecule has 114 valence electrons. The molecule has 1 heteroatoms. The smallest absolute Gasteiger partial charge is 0.0795 e. The SMILES string of the molecule is CCc1ccc(C(O)CC23CC4CC(CC(C4)C2)C3)cc1. The zero-order valence-electron chi connectivity index (χ0n) is 13.2. The van der Waals surface area contributed by atoms with Gasteiger partial charge in [0.1, 0.15) is 0 Å². The van der Waals surface area contributed by atoms with Gasteiger partial charge in [-0.1, -0.05) is 31.2 Å². The third-order valence-electron chi connectivity index (χ3n) is 6.56. The van der Waals surface area contributed by atoms with Gasteiger partial charge in [-0.3, -0.25) is 0 Å². The lowest BCUT2D eigenvalue weighted by Crippen LogP contribution is -2.46. The molecule has 0 heterocycles. The number of rotatable bonds is 4. The molecule has 21 heavy (non-hydrogen) atoms. The van der Waals surface area contributed by atoms with Crippen molar-refractivity contribution < 1.29 is 5.11 Å². The summed E-state index contributed by atoms with van der Waals surface area (Å²) in [6, 6.07) is 8.64. The van der Waals surface area contributed by atoms with Crippen molar-refractivity contribution in [2.75, 3.05) is 0 Å². The first-order valence-corrected chi connectivity index (χ1v) is 8.93. The molecular formula is C20H28O. The Morgan fingerprint density at radius 3 is 2.00 bits per heavy atom. The largest absolute Gasteiger partial charge is 0.388 e. The molecule has 0 amide bonds. The number of aryl methyl sites for hydroxylation is 1. The van der Waals surface area contributed by atoms with Crippen LogP contribution in [0, 0.1) is 23.2 Å². The van der Waals surface area contributed by atoms with Crippen LogP contribution in [-0.2, 0) is 6.42 Å². The van der Waals surface area contributed by atoms with Crippen LogP contribution in [0.5, 0.6) is 0 Å². The summed E-state index contributed by atoms with van der Waals surface area (Å²) in [5, 5.41) is 10.7. The average molecular weight is 284 g/mol. The highest BCUT2D eigenvalue weighted by molar-refractivity contribution is 5.24. The Morgan fingerprint density at radius 2 is 1.52 bits per heavy atom. The highest BCUT2D eigenvalue weighted by Crippen LogP contribution is 2.62. The van der Waals surface area contributed by atoms with Crippen molar-refractivity contribution in [3.05, 3.63) is 35.4 Å². The summed E-state index contributed by atoms with van der Waals surface area (Å²) >= 11 is 0. The van der Waals surface area contributed by atoms with Gasteiger partial charge in [0.15, 0.2) is 0 Å². The molecule has 0 saturated heterocycles. The van der Waals surface area contributed by atoms with Gasteiger partial charge in [0, 0.05) is 0 Å². The highest BCUT2D eigenvalue weighted by atomic mass is 16.3. The van der Waals surface area contributed by atoms with E-state index < -0.39 is 0 Å². The van der Waals surface area contributed by atoms with Crippen LogP contribution >= 0.6 is 0 Å². The Balaban J connectivity index is 1.49. The minimum atomic E-state index is -0.257. The molecule has 1 aromatic rings. The lowest BCUT2D eigenvalue weighted by molar-refractivity contribution is -0.0764. The Hall–Kier alpha value is -0.820. The van der Waals surface area contributed by atoms with E-state index >= 15 is 0 Å². The topological polar surface area (TPSA) is 20.2 Å². The molecule has 0 spiro atoms. The van der Waals surface area contributed by atoms with Gasteiger partial charge in [-0.25, -0.2) is 0 Å². The Kier molecular flexibility index (Phi) is 3.37.